The number of carbonyl (C=O) groups is 1. The van der Waals surface area contributed by atoms with Crippen molar-refractivity contribution < 1.29 is 13.6 Å². The van der Waals surface area contributed by atoms with Gasteiger partial charge in [0.15, 0.2) is 0 Å². The number of amides is 1. The number of rotatable bonds is 2. The van der Waals surface area contributed by atoms with Crippen LogP contribution in [0.15, 0.2) is 30.3 Å². The van der Waals surface area contributed by atoms with Crippen LogP contribution in [0, 0.1) is 25.5 Å². The normalized spacial score (nSPS) is 10.4. The highest BCUT2D eigenvalue weighted by molar-refractivity contribution is 6.04. The molecule has 2 aromatic rings. The molecule has 0 bridgehead atoms. The minimum absolute atomic E-state index is 0.206. The monoisotopic (exact) mass is 276 g/mol. The van der Waals surface area contributed by atoms with Crippen molar-refractivity contribution in [3.8, 4) is 0 Å². The number of hydrogen-bond donors (Lipinski definition) is 2. The quantitative estimate of drug-likeness (QED) is 0.826. The molecular weight excluding hydrogens is 262 g/mol. The van der Waals surface area contributed by atoms with Crippen molar-refractivity contribution in [2.24, 2.45) is 0 Å². The number of halogens is 2. The van der Waals surface area contributed by atoms with Crippen molar-refractivity contribution in [2.75, 3.05) is 11.1 Å². The Balaban J connectivity index is 2.28. The van der Waals surface area contributed by atoms with E-state index in [2.05, 4.69) is 5.32 Å². The van der Waals surface area contributed by atoms with Gasteiger partial charge in [-0.3, -0.25) is 4.79 Å². The third-order valence-corrected chi connectivity index (χ3v) is 3.03. The van der Waals surface area contributed by atoms with Gasteiger partial charge in [0.1, 0.15) is 11.6 Å². The highest BCUT2D eigenvalue weighted by atomic mass is 19.1. The molecule has 0 spiro atoms. The molecule has 3 N–H and O–H groups in total. The van der Waals surface area contributed by atoms with E-state index in [1.807, 2.05) is 6.92 Å². The van der Waals surface area contributed by atoms with Crippen molar-refractivity contribution in [2.45, 2.75) is 13.8 Å². The summed E-state index contributed by atoms with van der Waals surface area (Å²) in [6.07, 6.45) is 0. The van der Waals surface area contributed by atoms with E-state index in [9.17, 15) is 13.6 Å². The van der Waals surface area contributed by atoms with Gasteiger partial charge in [0, 0.05) is 17.4 Å². The van der Waals surface area contributed by atoms with Crippen LogP contribution >= 0.6 is 0 Å². The van der Waals surface area contributed by atoms with Gasteiger partial charge in [0.05, 0.1) is 5.56 Å². The van der Waals surface area contributed by atoms with Gasteiger partial charge in [-0.15, -0.1) is 0 Å². The number of nitrogen functional groups attached to an aromatic ring is 1. The zero-order valence-electron chi connectivity index (χ0n) is 11.1. The molecule has 0 heterocycles. The first kappa shape index (κ1) is 14.0. The predicted molar refractivity (Wildman–Crippen MR) is 74.6 cm³/mol. The molecule has 0 aromatic heterocycles. The van der Waals surface area contributed by atoms with E-state index in [0.717, 1.165) is 5.56 Å². The summed E-state index contributed by atoms with van der Waals surface area (Å²) >= 11 is 0. The van der Waals surface area contributed by atoms with Crippen molar-refractivity contribution in [1.29, 1.82) is 0 Å². The molecule has 0 fully saturated rings. The van der Waals surface area contributed by atoms with Crippen LogP contribution in [0.5, 0.6) is 0 Å². The highest BCUT2D eigenvalue weighted by Gasteiger charge is 2.15. The molecule has 20 heavy (non-hydrogen) atoms. The summed E-state index contributed by atoms with van der Waals surface area (Å²) in [4.78, 5) is 12.0. The van der Waals surface area contributed by atoms with E-state index in [-0.39, 0.29) is 11.1 Å². The molecule has 0 saturated carbocycles. The summed E-state index contributed by atoms with van der Waals surface area (Å²) < 4.78 is 26.8. The molecule has 2 rings (SSSR count). The van der Waals surface area contributed by atoms with Gasteiger partial charge >= 0.3 is 0 Å². The molecule has 2 aromatic carbocycles. The first-order valence-electron chi connectivity index (χ1n) is 6.01. The minimum Gasteiger partial charge on any atom is -0.398 e. The maximum atomic E-state index is 13.6. The lowest BCUT2D eigenvalue weighted by Crippen LogP contribution is -2.14. The average Bonchev–Trinajstić information content (AvgIpc) is 2.38. The number of nitrogens with two attached hydrogens (primary N) is 1. The first-order valence-corrected chi connectivity index (χ1v) is 6.01. The maximum absolute atomic E-state index is 13.6. The third kappa shape index (κ3) is 2.77. The van der Waals surface area contributed by atoms with Gasteiger partial charge in [0.25, 0.3) is 5.91 Å². The zero-order chi connectivity index (χ0) is 14.9. The summed E-state index contributed by atoms with van der Waals surface area (Å²) in [5.74, 6) is -2.22. The number of hydrogen-bond acceptors (Lipinski definition) is 2. The molecule has 0 saturated heterocycles. The van der Waals surface area contributed by atoms with E-state index in [1.54, 1.807) is 18.2 Å². The Bertz CT molecular complexity index is 684. The Morgan fingerprint density at radius 1 is 1.05 bits per heavy atom. The van der Waals surface area contributed by atoms with Crippen LogP contribution in [0.2, 0.25) is 0 Å². The highest BCUT2D eigenvalue weighted by Crippen LogP contribution is 2.19. The predicted octanol–water partition coefficient (Wildman–Crippen LogP) is 3.42. The molecule has 5 heteroatoms. The second-order valence-corrected chi connectivity index (χ2v) is 4.61. The number of anilines is 2. The molecule has 0 aliphatic carbocycles. The molecule has 0 radical (unpaired) electrons. The molecule has 0 unspecified atom stereocenters. The van der Waals surface area contributed by atoms with Gasteiger partial charge in [-0.1, -0.05) is 6.07 Å². The fourth-order valence-electron chi connectivity index (χ4n) is 1.75. The van der Waals surface area contributed by atoms with Gasteiger partial charge in [-0.2, -0.15) is 0 Å². The van der Waals surface area contributed by atoms with Crippen LogP contribution in [0.3, 0.4) is 0 Å². The van der Waals surface area contributed by atoms with Gasteiger partial charge < -0.3 is 11.1 Å². The number of carbonyl (C=O) groups excluding carboxylic acids is 1. The molecule has 0 atom stereocenters. The van der Waals surface area contributed by atoms with Gasteiger partial charge in [-0.05, 0) is 43.2 Å². The Labute approximate surface area is 115 Å². The van der Waals surface area contributed by atoms with Crippen molar-refractivity contribution in [1.82, 2.24) is 0 Å². The smallest absolute Gasteiger partial charge is 0.258 e. The summed E-state index contributed by atoms with van der Waals surface area (Å²) in [6, 6.07) is 6.88. The first-order chi connectivity index (χ1) is 9.38. The molecule has 0 aliphatic heterocycles. The van der Waals surface area contributed by atoms with Crippen LogP contribution in [0.4, 0.5) is 20.2 Å². The Hall–Kier alpha value is -2.43. The Kier molecular flexibility index (Phi) is 3.70. The van der Waals surface area contributed by atoms with Crippen molar-refractivity contribution >= 4 is 17.3 Å². The Morgan fingerprint density at radius 3 is 2.40 bits per heavy atom. The van der Waals surface area contributed by atoms with E-state index in [1.165, 1.54) is 13.0 Å². The zero-order valence-corrected chi connectivity index (χ0v) is 11.1. The van der Waals surface area contributed by atoms with E-state index >= 15 is 0 Å². The second-order valence-electron chi connectivity index (χ2n) is 4.61. The summed E-state index contributed by atoms with van der Waals surface area (Å²) in [5.41, 5.74) is 7.60. The van der Waals surface area contributed by atoms with E-state index in [0.29, 0.717) is 17.4 Å². The van der Waals surface area contributed by atoms with Crippen molar-refractivity contribution in [3.05, 3.63) is 58.7 Å². The maximum Gasteiger partial charge on any atom is 0.258 e. The van der Waals surface area contributed by atoms with Gasteiger partial charge in [0.2, 0.25) is 0 Å². The number of aryl methyl sites for hydroxylation is 2. The molecule has 0 aliphatic rings. The Morgan fingerprint density at radius 2 is 1.75 bits per heavy atom. The van der Waals surface area contributed by atoms with Crippen LogP contribution in [0.25, 0.3) is 0 Å². The van der Waals surface area contributed by atoms with Crippen LogP contribution in [-0.4, -0.2) is 5.91 Å². The van der Waals surface area contributed by atoms with Crippen molar-refractivity contribution in [3.63, 3.8) is 0 Å². The fraction of sp³-hybridized carbons (Fsp3) is 0.133. The number of benzene rings is 2. The SMILES string of the molecule is Cc1ccc(NC(=O)c2cc(C)c(F)cc2F)cc1N. The largest absolute Gasteiger partial charge is 0.398 e. The lowest BCUT2D eigenvalue weighted by atomic mass is 10.1. The molecule has 3 nitrogen and oxygen atoms in total. The second kappa shape index (κ2) is 5.28. The van der Waals surface area contributed by atoms with Crippen LogP contribution in [0.1, 0.15) is 21.5 Å². The van der Waals surface area contributed by atoms with E-state index in [4.69, 9.17) is 5.73 Å². The average molecular weight is 276 g/mol. The minimum atomic E-state index is -0.898. The lowest BCUT2D eigenvalue weighted by molar-refractivity contribution is 0.102. The topological polar surface area (TPSA) is 55.1 Å². The summed E-state index contributed by atoms with van der Waals surface area (Å²) in [6.45, 7) is 3.30. The third-order valence-electron chi connectivity index (χ3n) is 3.03. The van der Waals surface area contributed by atoms with E-state index < -0.39 is 17.5 Å². The molecular formula is C15H14F2N2O. The summed E-state index contributed by atoms with van der Waals surface area (Å²) in [7, 11) is 0. The fourth-order valence-corrected chi connectivity index (χ4v) is 1.75. The molecule has 1 amide bonds. The number of nitrogens with one attached hydrogen (secondary N) is 1. The van der Waals surface area contributed by atoms with Gasteiger partial charge in [-0.25, -0.2) is 8.78 Å². The lowest BCUT2D eigenvalue weighted by Gasteiger charge is -2.09. The summed E-state index contributed by atoms with van der Waals surface area (Å²) in [5, 5.41) is 2.53. The van der Waals surface area contributed by atoms with Crippen LogP contribution < -0.4 is 11.1 Å². The van der Waals surface area contributed by atoms with Crippen LogP contribution in [-0.2, 0) is 0 Å². The standard InChI is InChI=1S/C15H14F2N2O/c1-8-3-4-10(6-14(8)18)19-15(20)11-5-9(2)12(16)7-13(11)17/h3-7H,18H2,1-2H3,(H,19,20). The molecule has 104 valence electrons.